The van der Waals surface area contributed by atoms with Crippen LogP contribution in [0.25, 0.3) is 0 Å². The van der Waals surface area contributed by atoms with Crippen molar-refractivity contribution in [2.75, 3.05) is 6.61 Å². The zero-order valence-electron chi connectivity index (χ0n) is 7.99. The van der Waals surface area contributed by atoms with Gasteiger partial charge in [-0.3, -0.25) is 0 Å². The predicted molar refractivity (Wildman–Crippen MR) is 50.9 cm³/mol. The number of ether oxygens (including phenoxy) is 1. The van der Waals surface area contributed by atoms with Gasteiger partial charge < -0.3 is 10.1 Å². The highest BCUT2D eigenvalue weighted by Gasteiger charge is 2.43. The summed E-state index contributed by atoms with van der Waals surface area (Å²) < 4.78 is 5.59. The van der Waals surface area contributed by atoms with Crippen LogP contribution in [-0.2, 0) is 4.74 Å². The summed E-state index contributed by atoms with van der Waals surface area (Å²) >= 11 is 0. The number of hydrogen-bond donors (Lipinski definition) is 1. The minimum Gasteiger partial charge on any atom is -0.478 e. The molecule has 1 N–H and O–H groups in total. The Morgan fingerprint density at radius 3 is 2.92 bits per heavy atom. The van der Waals surface area contributed by atoms with E-state index in [0.717, 1.165) is 24.5 Å². The molecular formula is C10H16N2O. The van der Waals surface area contributed by atoms with Gasteiger partial charge in [0.1, 0.15) is 6.61 Å². The van der Waals surface area contributed by atoms with Crippen molar-refractivity contribution in [2.45, 2.75) is 44.3 Å². The molecule has 1 saturated heterocycles. The molecule has 3 nitrogen and oxygen atoms in total. The van der Waals surface area contributed by atoms with Crippen molar-refractivity contribution in [3.8, 4) is 0 Å². The second-order valence-electron chi connectivity index (χ2n) is 4.54. The third-order valence-electron chi connectivity index (χ3n) is 3.45. The Labute approximate surface area is 78.6 Å². The Bertz CT molecular complexity index is 251. The van der Waals surface area contributed by atoms with Crippen LogP contribution >= 0.6 is 0 Å². The van der Waals surface area contributed by atoms with E-state index in [9.17, 15) is 0 Å². The summed E-state index contributed by atoms with van der Waals surface area (Å²) in [4.78, 5) is 4.52. The number of rotatable bonds is 1. The lowest BCUT2D eigenvalue weighted by atomic mass is 10.00. The average Bonchev–Trinajstić information content (AvgIpc) is 2.77. The molecule has 3 aliphatic rings. The molecule has 1 aliphatic carbocycles. The van der Waals surface area contributed by atoms with Crippen molar-refractivity contribution in [1.82, 2.24) is 5.32 Å². The van der Waals surface area contributed by atoms with E-state index in [1.54, 1.807) is 0 Å². The molecule has 72 valence electrons. The van der Waals surface area contributed by atoms with Crippen LogP contribution in [-0.4, -0.2) is 30.6 Å². The first-order valence-corrected chi connectivity index (χ1v) is 5.29. The molecule has 3 heteroatoms. The molecular weight excluding hydrogens is 164 g/mol. The monoisotopic (exact) mass is 180 g/mol. The van der Waals surface area contributed by atoms with Gasteiger partial charge in [-0.05, 0) is 32.1 Å². The smallest absolute Gasteiger partial charge is 0.201 e. The number of nitrogens with one attached hydrogen (secondary N) is 1. The zero-order valence-corrected chi connectivity index (χ0v) is 7.99. The third kappa shape index (κ3) is 1.17. The molecule has 4 atom stereocenters. The maximum atomic E-state index is 5.59. The quantitative estimate of drug-likeness (QED) is 0.651. The maximum Gasteiger partial charge on any atom is 0.201 e. The largest absolute Gasteiger partial charge is 0.478 e. The van der Waals surface area contributed by atoms with Gasteiger partial charge in [0, 0.05) is 6.04 Å². The molecule has 13 heavy (non-hydrogen) atoms. The first-order valence-electron chi connectivity index (χ1n) is 5.29. The van der Waals surface area contributed by atoms with E-state index >= 15 is 0 Å². The summed E-state index contributed by atoms with van der Waals surface area (Å²) in [6.07, 6.45) is 4.05. The van der Waals surface area contributed by atoms with Crippen LogP contribution in [0, 0.1) is 5.92 Å². The van der Waals surface area contributed by atoms with Crippen LogP contribution in [0.1, 0.15) is 26.2 Å². The van der Waals surface area contributed by atoms with Crippen LogP contribution in [0.15, 0.2) is 4.99 Å². The van der Waals surface area contributed by atoms with Gasteiger partial charge in [0.2, 0.25) is 5.90 Å². The molecule has 0 amide bonds. The molecule has 3 rings (SSSR count). The fraction of sp³-hybridized carbons (Fsp3) is 0.900. The topological polar surface area (TPSA) is 33.6 Å². The molecule has 2 fully saturated rings. The summed E-state index contributed by atoms with van der Waals surface area (Å²) in [5, 5.41) is 3.60. The molecule has 0 aromatic heterocycles. The standard InChI is InChI=1S/C10H16N2O/c1-6-5-13-10(11-6)9-7-2-3-8(4-7)12-9/h6-9,12H,2-5H2,1H3/t6-,7+,8-,9+/m0/s1. The minimum atomic E-state index is 0.371. The summed E-state index contributed by atoms with van der Waals surface area (Å²) in [6, 6.07) is 1.57. The van der Waals surface area contributed by atoms with Crippen LogP contribution in [0.5, 0.6) is 0 Å². The SMILES string of the molecule is C[C@H]1COC([C@@H]2N[C@H]3CC[C@@H]2C3)=N1. The van der Waals surface area contributed by atoms with E-state index in [-0.39, 0.29) is 0 Å². The van der Waals surface area contributed by atoms with Gasteiger partial charge in [0.05, 0.1) is 12.1 Å². The number of fused-ring (bicyclic) bond motifs is 2. The highest BCUT2D eigenvalue weighted by atomic mass is 16.5. The normalized spacial score (nSPS) is 47.9. The van der Waals surface area contributed by atoms with E-state index in [4.69, 9.17) is 4.74 Å². The maximum absolute atomic E-state index is 5.59. The van der Waals surface area contributed by atoms with Gasteiger partial charge in [-0.1, -0.05) is 0 Å². The lowest BCUT2D eigenvalue weighted by Crippen LogP contribution is -2.41. The van der Waals surface area contributed by atoms with Gasteiger partial charge in [0.25, 0.3) is 0 Å². The van der Waals surface area contributed by atoms with Crippen LogP contribution in [0.2, 0.25) is 0 Å². The second kappa shape index (κ2) is 2.71. The number of hydrogen-bond acceptors (Lipinski definition) is 3. The second-order valence-corrected chi connectivity index (χ2v) is 4.54. The first kappa shape index (κ1) is 7.80. The average molecular weight is 180 g/mol. The van der Waals surface area contributed by atoms with Gasteiger partial charge >= 0.3 is 0 Å². The van der Waals surface area contributed by atoms with Crippen molar-refractivity contribution in [1.29, 1.82) is 0 Å². The van der Waals surface area contributed by atoms with E-state index in [1.807, 2.05) is 0 Å². The third-order valence-corrected chi connectivity index (χ3v) is 3.45. The van der Waals surface area contributed by atoms with E-state index in [2.05, 4.69) is 17.2 Å². The van der Waals surface area contributed by atoms with Gasteiger partial charge in [-0.25, -0.2) is 4.99 Å². The van der Waals surface area contributed by atoms with Crippen molar-refractivity contribution in [2.24, 2.45) is 10.9 Å². The van der Waals surface area contributed by atoms with Gasteiger partial charge in [0.15, 0.2) is 0 Å². The number of nitrogens with zero attached hydrogens (tertiary/aromatic N) is 1. The van der Waals surface area contributed by atoms with Crippen molar-refractivity contribution < 1.29 is 4.74 Å². The van der Waals surface area contributed by atoms with Crippen molar-refractivity contribution >= 4 is 5.90 Å². The molecule has 0 unspecified atom stereocenters. The minimum absolute atomic E-state index is 0.371. The Balaban J connectivity index is 1.76. The van der Waals surface area contributed by atoms with Crippen LogP contribution in [0.4, 0.5) is 0 Å². The van der Waals surface area contributed by atoms with Gasteiger partial charge in [-0.15, -0.1) is 0 Å². The predicted octanol–water partition coefficient (Wildman–Crippen LogP) is 0.944. The van der Waals surface area contributed by atoms with E-state index in [1.165, 1.54) is 19.3 Å². The van der Waals surface area contributed by atoms with Crippen molar-refractivity contribution in [3.63, 3.8) is 0 Å². The Morgan fingerprint density at radius 2 is 2.38 bits per heavy atom. The molecule has 0 aromatic rings. The Kier molecular flexibility index (Phi) is 1.62. The highest BCUT2D eigenvalue weighted by Crippen LogP contribution is 2.36. The molecule has 0 spiro atoms. The summed E-state index contributed by atoms with van der Waals surface area (Å²) in [7, 11) is 0. The van der Waals surface area contributed by atoms with Crippen LogP contribution < -0.4 is 5.32 Å². The molecule has 2 heterocycles. The van der Waals surface area contributed by atoms with Crippen molar-refractivity contribution in [3.05, 3.63) is 0 Å². The summed E-state index contributed by atoms with van der Waals surface area (Å²) in [6.45, 7) is 2.89. The fourth-order valence-electron chi connectivity index (χ4n) is 2.80. The molecule has 0 aromatic carbocycles. The number of piperidine rings is 1. The first-order chi connectivity index (χ1) is 6.33. The molecule has 2 bridgehead atoms. The summed E-state index contributed by atoms with van der Waals surface area (Å²) in [5.74, 6) is 1.79. The van der Waals surface area contributed by atoms with E-state index < -0.39 is 0 Å². The van der Waals surface area contributed by atoms with E-state index in [0.29, 0.717) is 12.1 Å². The van der Waals surface area contributed by atoms with Crippen LogP contribution in [0.3, 0.4) is 0 Å². The number of aliphatic imine (C=N–C) groups is 1. The van der Waals surface area contributed by atoms with Gasteiger partial charge in [-0.2, -0.15) is 0 Å². The highest BCUT2D eigenvalue weighted by molar-refractivity contribution is 5.84. The Hall–Kier alpha value is -0.570. The molecule has 2 aliphatic heterocycles. The summed E-state index contributed by atoms with van der Waals surface area (Å²) in [5.41, 5.74) is 0. The lowest BCUT2D eigenvalue weighted by Gasteiger charge is -2.22. The lowest BCUT2D eigenvalue weighted by molar-refractivity contribution is 0.292. The Morgan fingerprint density at radius 1 is 1.46 bits per heavy atom. The molecule has 1 saturated carbocycles. The fourth-order valence-corrected chi connectivity index (χ4v) is 2.80. The zero-order chi connectivity index (χ0) is 8.84. The molecule has 0 radical (unpaired) electrons.